The molecule has 0 aliphatic rings. The SMILES string of the molecule is C=CC(=O)c1cnc(SC)nc1. The number of carbonyl (C=O) groups excluding carboxylic acids is 1. The highest BCUT2D eigenvalue weighted by Crippen LogP contribution is 2.07. The van der Waals surface area contributed by atoms with Crippen LogP contribution >= 0.6 is 11.8 Å². The summed E-state index contributed by atoms with van der Waals surface area (Å²) in [6.07, 6.45) is 6.13. The molecular weight excluding hydrogens is 172 g/mol. The van der Waals surface area contributed by atoms with Crippen LogP contribution in [-0.2, 0) is 0 Å². The number of hydrogen-bond acceptors (Lipinski definition) is 4. The van der Waals surface area contributed by atoms with E-state index in [2.05, 4.69) is 16.5 Å². The quantitative estimate of drug-likeness (QED) is 0.306. The van der Waals surface area contributed by atoms with Crippen molar-refractivity contribution >= 4 is 17.5 Å². The molecule has 0 saturated heterocycles. The van der Waals surface area contributed by atoms with E-state index in [9.17, 15) is 4.79 Å². The predicted molar refractivity (Wildman–Crippen MR) is 48.3 cm³/mol. The van der Waals surface area contributed by atoms with Gasteiger partial charge < -0.3 is 0 Å². The zero-order valence-electron chi connectivity index (χ0n) is 6.65. The second-order valence-electron chi connectivity index (χ2n) is 2.03. The van der Waals surface area contributed by atoms with Gasteiger partial charge in [-0.2, -0.15) is 0 Å². The summed E-state index contributed by atoms with van der Waals surface area (Å²) in [5.74, 6) is -0.150. The summed E-state index contributed by atoms with van der Waals surface area (Å²) in [4.78, 5) is 18.9. The summed E-state index contributed by atoms with van der Waals surface area (Å²) in [5, 5.41) is 0.663. The minimum Gasteiger partial charge on any atom is -0.289 e. The van der Waals surface area contributed by atoms with E-state index in [1.54, 1.807) is 0 Å². The van der Waals surface area contributed by atoms with Gasteiger partial charge in [0.2, 0.25) is 0 Å². The first-order valence-electron chi connectivity index (χ1n) is 3.30. The zero-order chi connectivity index (χ0) is 8.97. The first-order chi connectivity index (χ1) is 5.77. The van der Waals surface area contributed by atoms with E-state index < -0.39 is 0 Å². The second kappa shape index (κ2) is 4.01. The molecule has 62 valence electrons. The molecular formula is C8H8N2OS. The normalized spacial score (nSPS) is 9.42. The van der Waals surface area contributed by atoms with Gasteiger partial charge in [0.1, 0.15) is 0 Å². The van der Waals surface area contributed by atoms with Gasteiger partial charge in [0.25, 0.3) is 0 Å². The first kappa shape index (κ1) is 8.93. The minimum atomic E-state index is -0.150. The molecule has 0 bridgehead atoms. The Labute approximate surface area is 74.9 Å². The van der Waals surface area contributed by atoms with Crippen molar-refractivity contribution in [3.05, 3.63) is 30.6 Å². The van der Waals surface area contributed by atoms with E-state index in [4.69, 9.17) is 0 Å². The first-order valence-corrected chi connectivity index (χ1v) is 4.53. The lowest BCUT2D eigenvalue weighted by molar-refractivity contribution is 0.104. The Morgan fingerprint density at radius 3 is 2.58 bits per heavy atom. The number of ketones is 1. The molecule has 0 aromatic carbocycles. The van der Waals surface area contributed by atoms with Crippen LogP contribution in [0.2, 0.25) is 0 Å². The van der Waals surface area contributed by atoms with Gasteiger partial charge in [-0.1, -0.05) is 18.3 Å². The highest BCUT2D eigenvalue weighted by Gasteiger charge is 2.01. The highest BCUT2D eigenvalue weighted by atomic mass is 32.2. The van der Waals surface area contributed by atoms with Crippen LogP contribution in [0.4, 0.5) is 0 Å². The van der Waals surface area contributed by atoms with Crippen molar-refractivity contribution < 1.29 is 4.79 Å². The molecule has 4 heteroatoms. The maximum Gasteiger partial charge on any atom is 0.188 e. The van der Waals surface area contributed by atoms with Crippen LogP contribution in [0.5, 0.6) is 0 Å². The summed E-state index contributed by atoms with van der Waals surface area (Å²) in [6, 6.07) is 0. The average Bonchev–Trinajstić information content (AvgIpc) is 2.17. The number of aromatic nitrogens is 2. The number of hydrogen-bond donors (Lipinski definition) is 0. The van der Waals surface area contributed by atoms with Gasteiger partial charge in [0.15, 0.2) is 10.9 Å². The average molecular weight is 180 g/mol. The lowest BCUT2D eigenvalue weighted by Crippen LogP contribution is -1.96. The second-order valence-corrected chi connectivity index (χ2v) is 2.80. The number of thioether (sulfide) groups is 1. The lowest BCUT2D eigenvalue weighted by atomic mass is 10.2. The van der Waals surface area contributed by atoms with Crippen LogP contribution in [-0.4, -0.2) is 22.0 Å². The molecule has 0 aliphatic heterocycles. The number of carbonyl (C=O) groups is 1. The van der Waals surface area contributed by atoms with Crippen molar-refractivity contribution in [1.82, 2.24) is 9.97 Å². The van der Waals surface area contributed by atoms with Crippen molar-refractivity contribution in [2.75, 3.05) is 6.26 Å². The Bertz CT molecular complexity index is 294. The molecule has 0 unspecified atom stereocenters. The molecule has 0 fully saturated rings. The summed E-state index contributed by atoms with van der Waals surface area (Å²) < 4.78 is 0. The van der Waals surface area contributed by atoms with Gasteiger partial charge in [0.05, 0.1) is 5.56 Å². The van der Waals surface area contributed by atoms with E-state index in [0.717, 1.165) is 0 Å². The molecule has 0 saturated carbocycles. The summed E-state index contributed by atoms with van der Waals surface area (Å²) in [5.41, 5.74) is 0.475. The Hall–Kier alpha value is -1.16. The maximum atomic E-state index is 11.0. The number of allylic oxidation sites excluding steroid dienone is 1. The molecule has 1 aromatic heterocycles. The van der Waals surface area contributed by atoms with E-state index in [-0.39, 0.29) is 5.78 Å². The van der Waals surface area contributed by atoms with Gasteiger partial charge in [-0.05, 0) is 12.3 Å². The van der Waals surface area contributed by atoms with Crippen molar-refractivity contribution in [3.63, 3.8) is 0 Å². The Morgan fingerprint density at radius 2 is 2.17 bits per heavy atom. The Kier molecular flexibility index (Phi) is 2.99. The molecule has 0 atom stereocenters. The van der Waals surface area contributed by atoms with Crippen LogP contribution < -0.4 is 0 Å². The molecule has 1 rings (SSSR count). The van der Waals surface area contributed by atoms with E-state index in [1.165, 1.54) is 30.2 Å². The maximum absolute atomic E-state index is 11.0. The molecule has 3 nitrogen and oxygen atoms in total. The number of nitrogens with zero attached hydrogens (tertiary/aromatic N) is 2. The highest BCUT2D eigenvalue weighted by molar-refractivity contribution is 7.98. The number of rotatable bonds is 3. The van der Waals surface area contributed by atoms with E-state index in [1.807, 2.05) is 6.26 Å². The van der Waals surface area contributed by atoms with Gasteiger partial charge in [0, 0.05) is 12.4 Å². The summed E-state index contributed by atoms with van der Waals surface area (Å²) in [7, 11) is 0. The fourth-order valence-corrected chi connectivity index (χ4v) is 0.983. The third-order valence-corrected chi connectivity index (χ3v) is 1.86. The Balaban J connectivity index is 2.91. The van der Waals surface area contributed by atoms with Crippen molar-refractivity contribution in [3.8, 4) is 0 Å². The molecule has 1 heterocycles. The topological polar surface area (TPSA) is 42.9 Å². The van der Waals surface area contributed by atoms with E-state index in [0.29, 0.717) is 10.7 Å². The van der Waals surface area contributed by atoms with Gasteiger partial charge in [-0.25, -0.2) is 9.97 Å². The fraction of sp³-hybridized carbons (Fsp3) is 0.125. The molecule has 0 N–H and O–H groups in total. The summed E-state index contributed by atoms with van der Waals surface area (Å²) >= 11 is 1.44. The third kappa shape index (κ3) is 1.92. The van der Waals surface area contributed by atoms with Crippen molar-refractivity contribution in [1.29, 1.82) is 0 Å². The lowest BCUT2D eigenvalue weighted by Gasteiger charge is -1.95. The summed E-state index contributed by atoms with van der Waals surface area (Å²) in [6.45, 7) is 3.37. The van der Waals surface area contributed by atoms with Crippen molar-refractivity contribution in [2.45, 2.75) is 5.16 Å². The predicted octanol–water partition coefficient (Wildman–Crippen LogP) is 1.57. The van der Waals surface area contributed by atoms with Crippen LogP contribution in [0, 0.1) is 0 Å². The zero-order valence-corrected chi connectivity index (χ0v) is 7.47. The fourth-order valence-electron chi connectivity index (χ4n) is 0.667. The monoisotopic (exact) mass is 180 g/mol. The Morgan fingerprint density at radius 1 is 1.58 bits per heavy atom. The largest absolute Gasteiger partial charge is 0.289 e. The molecule has 0 radical (unpaired) electrons. The molecule has 0 aliphatic carbocycles. The standard InChI is InChI=1S/C8H8N2OS/c1-3-7(11)6-4-9-8(12-2)10-5-6/h3-5H,1H2,2H3. The van der Waals surface area contributed by atoms with E-state index >= 15 is 0 Å². The van der Waals surface area contributed by atoms with Crippen LogP contribution in [0.15, 0.2) is 30.2 Å². The van der Waals surface area contributed by atoms with Crippen molar-refractivity contribution in [2.24, 2.45) is 0 Å². The van der Waals surface area contributed by atoms with Crippen LogP contribution in [0.3, 0.4) is 0 Å². The smallest absolute Gasteiger partial charge is 0.188 e. The molecule has 1 aromatic rings. The third-order valence-electron chi connectivity index (χ3n) is 1.28. The van der Waals surface area contributed by atoms with Gasteiger partial charge in [-0.15, -0.1) is 0 Å². The van der Waals surface area contributed by atoms with Crippen LogP contribution in [0.1, 0.15) is 10.4 Å². The van der Waals surface area contributed by atoms with Crippen LogP contribution in [0.25, 0.3) is 0 Å². The molecule has 0 amide bonds. The van der Waals surface area contributed by atoms with Gasteiger partial charge in [-0.3, -0.25) is 4.79 Å². The molecule has 0 spiro atoms. The minimum absolute atomic E-state index is 0.150. The van der Waals surface area contributed by atoms with Gasteiger partial charge >= 0.3 is 0 Å². The molecule has 12 heavy (non-hydrogen) atoms.